The van der Waals surface area contributed by atoms with E-state index in [0.717, 1.165) is 19.3 Å². The fourth-order valence-corrected chi connectivity index (χ4v) is 3.57. The van der Waals surface area contributed by atoms with E-state index in [1.807, 2.05) is 5.32 Å². The summed E-state index contributed by atoms with van der Waals surface area (Å²) >= 11 is 0. The van der Waals surface area contributed by atoms with Crippen LogP contribution in [0.2, 0.25) is 0 Å². The Morgan fingerprint density at radius 2 is 1.75 bits per heavy atom. The van der Waals surface area contributed by atoms with E-state index in [1.54, 1.807) is 0 Å². The van der Waals surface area contributed by atoms with Gasteiger partial charge < -0.3 is 29.4 Å². The largest absolute Gasteiger partial charge is 0.471 e. The lowest BCUT2D eigenvalue weighted by Crippen LogP contribution is -2.66. The highest BCUT2D eigenvalue weighted by molar-refractivity contribution is 5.82. The van der Waals surface area contributed by atoms with Crippen molar-refractivity contribution in [2.75, 3.05) is 26.9 Å². The van der Waals surface area contributed by atoms with E-state index >= 15 is 0 Å². The van der Waals surface area contributed by atoms with E-state index in [1.165, 1.54) is 38.9 Å². The fraction of sp³-hybridized carbons (Fsp3) is 0.864. The first-order chi connectivity index (χ1) is 15.3. The van der Waals surface area contributed by atoms with Crippen LogP contribution in [0, 0.1) is 0 Å². The first-order valence-electron chi connectivity index (χ1n) is 11.3. The molecule has 2 N–H and O–H groups in total. The second-order valence-electron chi connectivity index (χ2n) is 7.92. The van der Waals surface area contributed by atoms with Gasteiger partial charge in [-0.15, -0.1) is 6.58 Å². The SMILES string of the molecule is C=CCO[C@H]1OC(COC)[C@@H](O)C(OCCCCCCCCCC)[C@H]1NC(=O)C(F)(F)F. The van der Waals surface area contributed by atoms with Crippen LogP contribution in [0.5, 0.6) is 0 Å². The van der Waals surface area contributed by atoms with Gasteiger partial charge in [0.05, 0.1) is 13.2 Å². The molecule has 1 heterocycles. The molecule has 0 spiro atoms. The standard InChI is InChI=1S/C22H38F3NO6/c1-4-6-7-8-9-10-11-12-14-30-19-17(26-21(28)22(23,24)25)20(31-13-5-2)32-16(15-29-3)18(19)27/h5,16-20,27H,2,4,6-15H2,1,3H3,(H,26,28)/t16?,17-,18-,19?,20+/m1/s1. The van der Waals surface area contributed by atoms with Crippen molar-refractivity contribution < 1.29 is 42.0 Å². The molecule has 0 radical (unpaired) electrons. The molecule has 7 nitrogen and oxygen atoms in total. The van der Waals surface area contributed by atoms with Crippen molar-refractivity contribution in [2.45, 2.75) is 95.1 Å². The monoisotopic (exact) mass is 469 g/mol. The summed E-state index contributed by atoms with van der Waals surface area (Å²) in [5, 5.41) is 12.5. The van der Waals surface area contributed by atoms with E-state index in [0.29, 0.717) is 6.42 Å². The zero-order chi connectivity index (χ0) is 24.0. The Morgan fingerprint density at radius 3 is 2.31 bits per heavy atom. The van der Waals surface area contributed by atoms with Crippen LogP contribution in [-0.2, 0) is 23.7 Å². The molecular formula is C22H38F3NO6. The summed E-state index contributed by atoms with van der Waals surface area (Å²) in [6.45, 7) is 5.85. The van der Waals surface area contributed by atoms with Crippen LogP contribution in [0.4, 0.5) is 13.2 Å². The topological polar surface area (TPSA) is 86.2 Å². The van der Waals surface area contributed by atoms with Crippen molar-refractivity contribution >= 4 is 5.91 Å². The molecule has 1 fully saturated rings. The molecule has 0 aromatic heterocycles. The van der Waals surface area contributed by atoms with Gasteiger partial charge in [0.25, 0.3) is 0 Å². The van der Waals surface area contributed by atoms with Crippen molar-refractivity contribution in [1.29, 1.82) is 0 Å². The zero-order valence-corrected chi connectivity index (χ0v) is 19.1. The minimum Gasteiger partial charge on any atom is -0.388 e. The maximum absolute atomic E-state index is 12.9. The van der Waals surface area contributed by atoms with Gasteiger partial charge in [-0.2, -0.15) is 13.2 Å². The average Bonchev–Trinajstić information content (AvgIpc) is 2.74. The molecule has 10 heteroatoms. The number of methoxy groups -OCH3 is 1. The number of nitrogens with one attached hydrogen (secondary N) is 1. The quantitative estimate of drug-likeness (QED) is 0.266. The second kappa shape index (κ2) is 15.6. The van der Waals surface area contributed by atoms with E-state index in [4.69, 9.17) is 18.9 Å². The summed E-state index contributed by atoms with van der Waals surface area (Å²) in [5.41, 5.74) is 0. The molecule has 1 saturated heterocycles. The first-order valence-corrected chi connectivity index (χ1v) is 11.3. The van der Waals surface area contributed by atoms with Crippen molar-refractivity contribution in [3.05, 3.63) is 12.7 Å². The summed E-state index contributed by atoms with van der Waals surface area (Å²) < 4.78 is 60.5. The molecule has 0 aromatic rings. The molecule has 1 rings (SSSR count). The van der Waals surface area contributed by atoms with Gasteiger partial charge in [0.2, 0.25) is 0 Å². The average molecular weight is 470 g/mol. The molecular weight excluding hydrogens is 431 g/mol. The molecule has 0 aromatic carbocycles. The third kappa shape index (κ3) is 10.2. The van der Waals surface area contributed by atoms with Crippen LogP contribution in [0.15, 0.2) is 12.7 Å². The van der Waals surface area contributed by atoms with E-state index in [9.17, 15) is 23.1 Å². The number of ether oxygens (including phenoxy) is 4. The van der Waals surface area contributed by atoms with Crippen molar-refractivity contribution in [3.63, 3.8) is 0 Å². The number of aliphatic hydroxyl groups excluding tert-OH is 1. The predicted octanol–water partition coefficient (Wildman–Crippen LogP) is 3.49. The molecule has 1 aliphatic rings. The van der Waals surface area contributed by atoms with Crippen LogP contribution in [0.25, 0.3) is 0 Å². The van der Waals surface area contributed by atoms with Crippen LogP contribution in [-0.4, -0.2) is 74.8 Å². The highest BCUT2D eigenvalue weighted by atomic mass is 19.4. The normalized spacial score (nSPS) is 26.1. The Morgan fingerprint density at radius 1 is 1.12 bits per heavy atom. The molecule has 0 saturated carbocycles. The number of carbonyl (C=O) groups is 1. The number of unbranched alkanes of at least 4 members (excludes halogenated alkanes) is 7. The van der Waals surface area contributed by atoms with Gasteiger partial charge >= 0.3 is 12.1 Å². The molecule has 5 atom stereocenters. The fourth-order valence-electron chi connectivity index (χ4n) is 3.57. The minimum atomic E-state index is -5.10. The van der Waals surface area contributed by atoms with Crippen molar-refractivity contribution in [3.8, 4) is 0 Å². The van der Waals surface area contributed by atoms with E-state index in [-0.39, 0.29) is 19.8 Å². The zero-order valence-electron chi connectivity index (χ0n) is 19.1. The van der Waals surface area contributed by atoms with E-state index in [2.05, 4.69) is 13.5 Å². The van der Waals surface area contributed by atoms with Gasteiger partial charge in [0.1, 0.15) is 24.4 Å². The van der Waals surface area contributed by atoms with Crippen LogP contribution < -0.4 is 5.32 Å². The van der Waals surface area contributed by atoms with Crippen LogP contribution >= 0.6 is 0 Å². The van der Waals surface area contributed by atoms with E-state index < -0.39 is 42.7 Å². The van der Waals surface area contributed by atoms with Gasteiger partial charge in [0.15, 0.2) is 6.29 Å². The highest BCUT2D eigenvalue weighted by Gasteiger charge is 2.50. The number of alkyl halides is 3. The maximum Gasteiger partial charge on any atom is 0.471 e. The minimum absolute atomic E-state index is 0.0212. The summed E-state index contributed by atoms with van der Waals surface area (Å²) in [4.78, 5) is 11.6. The Hall–Kier alpha value is -1.20. The number of hydrogen-bond donors (Lipinski definition) is 2. The smallest absolute Gasteiger partial charge is 0.388 e. The Kier molecular flexibility index (Phi) is 14.1. The molecule has 2 unspecified atom stereocenters. The summed E-state index contributed by atoms with van der Waals surface area (Å²) in [5.74, 6) is -2.16. The van der Waals surface area contributed by atoms with Gasteiger partial charge in [0, 0.05) is 13.7 Å². The van der Waals surface area contributed by atoms with Gasteiger partial charge in [-0.25, -0.2) is 0 Å². The maximum atomic E-state index is 12.9. The van der Waals surface area contributed by atoms with Gasteiger partial charge in [-0.3, -0.25) is 4.79 Å². The molecule has 0 aliphatic carbocycles. The summed E-state index contributed by atoms with van der Waals surface area (Å²) in [6, 6.07) is -1.36. The van der Waals surface area contributed by atoms with Crippen LogP contribution in [0.1, 0.15) is 58.3 Å². The number of aliphatic hydroxyl groups is 1. The number of carbonyl (C=O) groups excluding carboxylic acids is 1. The predicted molar refractivity (Wildman–Crippen MR) is 113 cm³/mol. The van der Waals surface area contributed by atoms with Gasteiger partial charge in [-0.1, -0.05) is 57.9 Å². The lowest BCUT2D eigenvalue weighted by molar-refractivity contribution is -0.277. The lowest BCUT2D eigenvalue weighted by atomic mass is 9.96. The van der Waals surface area contributed by atoms with Gasteiger partial charge in [-0.05, 0) is 6.42 Å². The molecule has 1 aliphatic heterocycles. The number of amides is 1. The highest BCUT2D eigenvalue weighted by Crippen LogP contribution is 2.27. The first kappa shape index (κ1) is 28.8. The summed E-state index contributed by atoms with van der Waals surface area (Å²) in [7, 11) is 1.41. The third-order valence-corrected chi connectivity index (χ3v) is 5.25. The molecule has 32 heavy (non-hydrogen) atoms. The Bertz CT molecular complexity index is 534. The van der Waals surface area contributed by atoms with Crippen molar-refractivity contribution in [2.24, 2.45) is 0 Å². The number of hydrogen-bond acceptors (Lipinski definition) is 6. The Labute approximate surface area is 188 Å². The second-order valence-corrected chi connectivity index (χ2v) is 7.92. The van der Waals surface area contributed by atoms with Crippen LogP contribution in [0.3, 0.4) is 0 Å². The molecule has 0 bridgehead atoms. The number of rotatable bonds is 16. The molecule has 188 valence electrons. The molecule has 1 amide bonds. The summed E-state index contributed by atoms with van der Waals surface area (Å²) in [6.07, 6.45) is 0.236. The Balaban J connectivity index is 2.76. The number of halogens is 3. The van der Waals surface area contributed by atoms with Crippen molar-refractivity contribution in [1.82, 2.24) is 5.32 Å². The lowest BCUT2D eigenvalue weighted by Gasteiger charge is -2.44. The third-order valence-electron chi connectivity index (χ3n) is 5.25.